The smallest absolute Gasteiger partial charge is 0.207 e. The molecule has 4 atom stereocenters. The molecule has 4 unspecified atom stereocenters. The molecule has 0 saturated carbocycles. The minimum Gasteiger partial charge on any atom is -0.504 e. The molecule has 0 aromatic heterocycles. The van der Waals surface area contributed by atoms with Crippen LogP contribution in [-0.2, 0) is 6.42 Å². The Hall–Kier alpha value is -1.58. The van der Waals surface area contributed by atoms with Gasteiger partial charge in [0.1, 0.15) is 0 Å². The largest absolute Gasteiger partial charge is 0.504 e. The van der Waals surface area contributed by atoms with Gasteiger partial charge in [0, 0.05) is 11.1 Å². The third-order valence-electron chi connectivity index (χ3n) is 8.69. The normalized spacial score (nSPS) is 14.9. The molecule has 0 saturated heterocycles. The molecule has 38 heavy (non-hydrogen) atoms. The molecule has 0 fully saturated rings. The lowest BCUT2D eigenvalue weighted by atomic mass is 9.89. The van der Waals surface area contributed by atoms with Gasteiger partial charge in [0.2, 0.25) is 11.5 Å². The fourth-order valence-electron chi connectivity index (χ4n) is 5.81. The maximum absolute atomic E-state index is 10.7. The van der Waals surface area contributed by atoms with Crippen molar-refractivity contribution in [3.8, 4) is 23.0 Å². The molecular weight excluding hydrogens is 472 g/mol. The van der Waals surface area contributed by atoms with Crippen LogP contribution >= 0.6 is 0 Å². The lowest BCUT2D eigenvalue weighted by Gasteiger charge is -2.19. The molecule has 1 aromatic rings. The van der Waals surface area contributed by atoms with Gasteiger partial charge in [0.15, 0.2) is 11.5 Å². The number of aromatic hydroxyl groups is 2. The molecule has 0 aliphatic carbocycles. The number of ether oxygens (including phenoxy) is 2. The van der Waals surface area contributed by atoms with E-state index in [-0.39, 0.29) is 23.0 Å². The van der Waals surface area contributed by atoms with Crippen LogP contribution in [0.25, 0.3) is 0 Å². The van der Waals surface area contributed by atoms with E-state index in [9.17, 15) is 10.2 Å². The molecule has 2 N–H and O–H groups in total. The number of hydrogen-bond donors (Lipinski definition) is 2. The van der Waals surface area contributed by atoms with E-state index in [0.717, 1.165) is 42.1 Å². The van der Waals surface area contributed by atoms with Gasteiger partial charge in [-0.2, -0.15) is 0 Å². The van der Waals surface area contributed by atoms with Crippen molar-refractivity contribution in [1.29, 1.82) is 0 Å². The topological polar surface area (TPSA) is 58.9 Å². The van der Waals surface area contributed by atoms with Crippen LogP contribution in [0.1, 0.15) is 136 Å². The quantitative estimate of drug-likeness (QED) is 0.154. The van der Waals surface area contributed by atoms with Crippen molar-refractivity contribution in [3.05, 3.63) is 11.1 Å². The molecule has 4 nitrogen and oxygen atoms in total. The van der Waals surface area contributed by atoms with Crippen molar-refractivity contribution >= 4 is 0 Å². The Labute approximate surface area is 235 Å². The summed E-state index contributed by atoms with van der Waals surface area (Å²) in [7, 11) is 2.95. The zero-order valence-electron chi connectivity index (χ0n) is 26.5. The molecule has 0 bridgehead atoms. The van der Waals surface area contributed by atoms with Gasteiger partial charge in [-0.25, -0.2) is 0 Å². The third kappa shape index (κ3) is 12.5. The van der Waals surface area contributed by atoms with Gasteiger partial charge < -0.3 is 19.7 Å². The summed E-state index contributed by atoms with van der Waals surface area (Å²) < 4.78 is 10.5. The number of hydrogen-bond acceptors (Lipinski definition) is 4. The lowest BCUT2D eigenvalue weighted by molar-refractivity contribution is 0.313. The van der Waals surface area contributed by atoms with Crippen LogP contribution in [0.5, 0.6) is 23.0 Å². The highest BCUT2D eigenvalue weighted by atomic mass is 16.5. The predicted octanol–water partition coefficient (Wildman–Crippen LogP) is 10.2. The molecule has 0 aliphatic heterocycles. The maximum atomic E-state index is 10.7. The summed E-state index contributed by atoms with van der Waals surface area (Å²) in [5.41, 5.74) is 1.43. The standard InChI is InChI=1S/C34H62O4/c1-24(2)14-10-15-25(3)16-11-17-26(4)18-12-19-27(5)20-13-21-28(6)22-23-30-29(7)31(35)33(37-8)34(38-9)32(30)36/h24-28,35-36H,10-23H2,1-9H3. The molecule has 0 amide bonds. The van der Waals surface area contributed by atoms with Crippen LogP contribution in [0.15, 0.2) is 0 Å². The number of phenolic OH excluding ortho intramolecular Hbond substituents is 2. The van der Waals surface area contributed by atoms with Crippen molar-refractivity contribution in [2.45, 2.75) is 138 Å². The molecule has 4 heteroatoms. The van der Waals surface area contributed by atoms with Gasteiger partial charge in [-0.3, -0.25) is 0 Å². The molecule has 1 rings (SSSR count). The van der Waals surface area contributed by atoms with Crippen LogP contribution in [0.3, 0.4) is 0 Å². The highest BCUT2D eigenvalue weighted by Gasteiger charge is 2.23. The number of phenols is 2. The first-order valence-electron chi connectivity index (χ1n) is 15.7. The Morgan fingerprint density at radius 3 is 1.24 bits per heavy atom. The van der Waals surface area contributed by atoms with E-state index in [1.807, 2.05) is 6.92 Å². The van der Waals surface area contributed by atoms with E-state index in [0.29, 0.717) is 11.5 Å². The minimum absolute atomic E-state index is 0.0552. The molecule has 0 spiro atoms. The molecular formula is C34H62O4. The number of methoxy groups -OCH3 is 2. The molecule has 0 radical (unpaired) electrons. The maximum Gasteiger partial charge on any atom is 0.207 e. The molecule has 1 aromatic carbocycles. The minimum atomic E-state index is 0.0552. The van der Waals surface area contributed by atoms with Gasteiger partial charge in [-0.05, 0) is 49.4 Å². The number of benzene rings is 1. The van der Waals surface area contributed by atoms with E-state index in [2.05, 4.69) is 41.5 Å². The Bertz CT molecular complexity index is 772. The zero-order chi connectivity index (χ0) is 28.7. The second kappa shape index (κ2) is 18.7. The number of rotatable bonds is 21. The van der Waals surface area contributed by atoms with E-state index in [1.165, 1.54) is 91.3 Å². The van der Waals surface area contributed by atoms with Crippen LogP contribution < -0.4 is 9.47 Å². The Morgan fingerprint density at radius 1 is 0.526 bits per heavy atom. The highest BCUT2D eigenvalue weighted by Crippen LogP contribution is 2.48. The fourth-order valence-corrected chi connectivity index (χ4v) is 5.81. The van der Waals surface area contributed by atoms with E-state index in [1.54, 1.807) is 0 Å². The molecule has 0 heterocycles. The summed E-state index contributed by atoms with van der Waals surface area (Å²) in [6.07, 6.45) is 17.9. The van der Waals surface area contributed by atoms with Crippen molar-refractivity contribution in [2.75, 3.05) is 14.2 Å². The predicted molar refractivity (Wildman–Crippen MR) is 163 cm³/mol. The third-order valence-corrected chi connectivity index (χ3v) is 8.69. The fraction of sp³-hybridized carbons (Fsp3) is 0.824. The summed E-state index contributed by atoms with van der Waals surface area (Å²) in [6.45, 7) is 16.1. The molecule has 0 aliphatic rings. The van der Waals surface area contributed by atoms with Crippen molar-refractivity contribution < 1.29 is 19.7 Å². The van der Waals surface area contributed by atoms with Gasteiger partial charge in [-0.15, -0.1) is 0 Å². The van der Waals surface area contributed by atoms with Gasteiger partial charge in [-0.1, -0.05) is 119 Å². The van der Waals surface area contributed by atoms with Crippen LogP contribution in [0, 0.1) is 36.5 Å². The van der Waals surface area contributed by atoms with Crippen molar-refractivity contribution in [3.63, 3.8) is 0 Å². The van der Waals surface area contributed by atoms with Crippen molar-refractivity contribution in [2.24, 2.45) is 29.6 Å². The zero-order valence-corrected chi connectivity index (χ0v) is 26.5. The van der Waals surface area contributed by atoms with Crippen molar-refractivity contribution in [1.82, 2.24) is 0 Å². The summed E-state index contributed by atoms with van der Waals surface area (Å²) in [4.78, 5) is 0. The van der Waals surface area contributed by atoms with Crippen LogP contribution in [0.4, 0.5) is 0 Å². The monoisotopic (exact) mass is 534 g/mol. The second-order valence-electron chi connectivity index (χ2n) is 12.9. The first kappa shape index (κ1) is 34.4. The van der Waals surface area contributed by atoms with Gasteiger partial charge in [0.25, 0.3) is 0 Å². The van der Waals surface area contributed by atoms with E-state index in [4.69, 9.17) is 9.47 Å². The van der Waals surface area contributed by atoms with Crippen LogP contribution in [0.2, 0.25) is 0 Å². The summed E-state index contributed by atoms with van der Waals surface area (Å²) in [5, 5.41) is 21.2. The van der Waals surface area contributed by atoms with Gasteiger partial charge in [0.05, 0.1) is 14.2 Å². The average molecular weight is 535 g/mol. The Balaban J connectivity index is 2.24. The van der Waals surface area contributed by atoms with Gasteiger partial charge >= 0.3 is 0 Å². The summed E-state index contributed by atoms with van der Waals surface area (Å²) in [5.74, 6) is 4.53. The first-order chi connectivity index (χ1) is 18.0. The average Bonchev–Trinajstić information content (AvgIpc) is 2.85. The Kier molecular flexibility index (Phi) is 16.9. The highest BCUT2D eigenvalue weighted by molar-refractivity contribution is 5.65. The van der Waals surface area contributed by atoms with E-state index >= 15 is 0 Å². The SMILES string of the molecule is COc1c(O)c(C)c(CCC(C)CCCC(C)CCCC(C)CCCC(C)CCCC(C)C)c(O)c1OC. The first-order valence-corrected chi connectivity index (χ1v) is 15.7. The second-order valence-corrected chi connectivity index (χ2v) is 12.9. The Morgan fingerprint density at radius 2 is 0.868 bits per heavy atom. The lowest BCUT2D eigenvalue weighted by Crippen LogP contribution is -2.04. The molecule has 222 valence electrons. The van der Waals surface area contributed by atoms with Crippen LogP contribution in [-0.4, -0.2) is 24.4 Å². The summed E-state index contributed by atoms with van der Waals surface area (Å²) in [6, 6.07) is 0. The van der Waals surface area contributed by atoms with E-state index < -0.39 is 0 Å². The summed E-state index contributed by atoms with van der Waals surface area (Å²) >= 11 is 0.